The molecule has 1 amide bonds. The number of carbonyl (C=O) groups is 1. The molecule has 56 heavy (non-hydrogen) atoms. The molecule has 0 fully saturated rings. The van der Waals surface area contributed by atoms with Gasteiger partial charge in [0.15, 0.2) is 0 Å². The molecule has 4 aromatic rings. The lowest BCUT2D eigenvalue weighted by Gasteiger charge is -2.27. The number of nitrogens with one attached hydrogen (secondary N) is 3. The highest BCUT2D eigenvalue weighted by Crippen LogP contribution is 2.15. The lowest BCUT2D eigenvalue weighted by Crippen LogP contribution is -2.49. The molecule has 0 aliphatic rings. The van der Waals surface area contributed by atoms with E-state index < -0.39 is 59.3 Å². The summed E-state index contributed by atoms with van der Waals surface area (Å²) in [5.74, 6) is 2.36. The Kier molecular flexibility index (Phi) is 19.3. The molecule has 0 saturated heterocycles. The first-order valence-electron chi connectivity index (χ1n) is 17.6. The van der Waals surface area contributed by atoms with E-state index in [1.165, 1.54) is 12.1 Å². The fourth-order valence-electron chi connectivity index (χ4n) is 5.43. The molecule has 4 rings (SSSR count). The van der Waals surface area contributed by atoms with Crippen LogP contribution in [0.2, 0.25) is 0 Å². The molecule has 0 heterocycles. The molecule has 12 heteroatoms. The lowest BCUT2D eigenvalue weighted by atomic mass is 10.0. The van der Waals surface area contributed by atoms with Gasteiger partial charge in [-0.15, -0.1) is 12.8 Å². The number of nitrogens with two attached hydrogens (primary N) is 1. The minimum Gasteiger partial charge on any atom is -0.444 e. The van der Waals surface area contributed by atoms with Crippen molar-refractivity contribution in [1.82, 2.24) is 16.0 Å². The zero-order chi connectivity index (χ0) is 40.5. The molecule has 0 aliphatic carbocycles. The average Bonchev–Trinajstić information content (AvgIpc) is 3.10. The molecule has 0 aliphatic heterocycles. The zero-order valence-electron chi connectivity index (χ0n) is 31.1. The second-order valence-corrected chi connectivity index (χ2v) is 14.0. The van der Waals surface area contributed by atoms with Gasteiger partial charge in [0.25, 0.3) is 0 Å². The first-order chi connectivity index (χ1) is 26.0. The summed E-state index contributed by atoms with van der Waals surface area (Å²) in [5, 5.41) is 29.6. The molecule has 8 nitrogen and oxygen atoms in total. The van der Waals surface area contributed by atoms with Crippen LogP contribution in [0.25, 0.3) is 0 Å². The molecular formula is C44H52F4N4O4. The van der Waals surface area contributed by atoms with Crippen LogP contribution in [0.3, 0.4) is 0 Å². The Morgan fingerprint density at radius 2 is 1.14 bits per heavy atom. The predicted octanol–water partition coefficient (Wildman–Crippen LogP) is 6.14. The first-order valence-corrected chi connectivity index (χ1v) is 17.6. The molecule has 0 aromatic heterocycles. The number of aliphatic hydroxyl groups excluding tert-OH is 2. The van der Waals surface area contributed by atoms with E-state index in [0.717, 1.165) is 46.5 Å². The Morgan fingerprint density at radius 3 is 1.57 bits per heavy atom. The summed E-state index contributed by atoms with van der Waals surface area (Å²) in [7, 11) is 0. The van der Waals surface area contributed by atoms with Crippen LogP contribution in [0.4, 0.5) is 22.4 Å². The monoisotopic (exact) mass is 776 g/mol. The second kappa shape index (κ2) is 23.0. The number of hydrogen-bond acceptors (Lipinski definition) is 7. The van der Waals surface area contributed by atoms with Crippen LogP contribution in [0.5, 0.6) is 0 Å². The molecule has 0 radical (unpaired) electrons. The molecule has 0 bridgehead atoms. The predicted molar refractivity (Wildman–Crippen MR) is 212 cm³/mol. The van der Waals surface area contributed by atoms with Crippen molar-refractivity contribution >= 4 is 6.09 Å². The smallest absolute Gasteiger partial charge is 0.407 e. The van der Waals surface area contributed by atoms with Crippen LogP contribution < -0.4 is 21.7 Å². The van der Waals surface area contributed by atoms with Gasteiger partial charge in [-0.1, -0.05) is 43.5 Å². The molecule has 0 spiro atoms. The van der Waals surface area contributed by atoms with E-state index in [1.54, 1.807) is 20.8 Å². The highest BCUT2D eigenvalue weighted by molar-refractivity contribution is 5.68. The maximum absolute atomic E-state index is 13.6. The van der Waals surface area contributed by atoms with E-state index in [-0.39, 0.29) is 33.4 Å². The summed E-state index contributed by atoms with van der Waals surface area (Å²) in [6, 6.07) is 19.8. The van der Waals surface area contributed by atoms with Gasteiger partial charge in [0.1, 0.15) is 28.9 Å². The van der Waals surface area contributed by atoms with Crippen LogP contribution in [-0.4, -0.2) is 59.3 Å². The average molecular weight is 777 g/mol. The number of rotatable bonds is 15. The van der Waals surface area contributed by atoms with Gasteiger partial charge in [-0.2, -0.15) is 0 Å². The normalized spacial score (nSPS) is 13.0. The highest BCUT2D eigenvalue weighted by Gasteiger charge is 2.25. The molecule has 300 valence electrons. The molecule has 7 N–H and O–H groups in total. The minimum atomic E-state index is -1.05. The van der Waals surface area contributed by atoms with Crippen LogP contribution >= 0.6 is 0 Å². The number of hydrogen-bond donors (Lipinski definition) is 6. The van der Waals surface area contributed by atoms with Crippen molar-refractivity contribution in [3.8, 4) is 24.7 Å². The fraction of sp³-hybridized carbons (Fsp3) is 0.341. The molecule has 4 aromatic carbocycles. The summed E-state index contributed by atoms with van der Waals surface area (Å²) in [6.45, 7) is 6.51. The van der Waals surface area contributed by atoms with Crippen molar-refractivity contribution in [3.63, 3.8) is 0 Å². The number of halogens is 4. The topological polar surface area (TPSA) is 129 Å². The number of amides is 1. The van der Waals surface area contributed by atoms with Crippen LogP contribution in [0.15, 0.2) is 84.9 Å². The van der Waals surface area contributed by atoms with Gasteiger partial charge in [-0.25, -0.2) is 22.4 Å². The van der Waals surface area contributed by atoms with E-state index in [4.69, 9.17) is 23.3 Å². The highest BCUT2D eigenvalue weighted by atomic mass is 19.1. The van der Waals surface area contributed by atoms with E-state index in [1.807, 2.05) is 48.5 Å². The van der Waals surface area contributed by atoms with Crippen molar-refractivity contribution in [2.45, 2.75) is 84.0 Å². The Morgan fingerprint density at radius 1 is 0.714 bits per heavy atom. The summed E-state index contributed by atoms with van der Waals surface area (Å²) in [5.41, 5.74) is 9.38. The van der Waals surface area contributed by atoms with Crippen molar-refractivity contribution in [2.75, 3.05) is 13.1 Å². The number of benzene rings is 4. The second-order valence-electron chi connectivity index (χ2n) is 14.0. The van der Waals surface area contributed by atoms with Crippen molar-refractivity contribution < 1.29 is 37.3 Å². The van der Waals surface area contributed by atoms with E-state index in [0.29, 0.717) is 24.2 Å². The molecule has 4 atom stereocenters. The van der Waals surface area contributed by atoms with Crippen molar-refractivity contribution in [3.05, 3.63) is 142 Å². The number of aliphatic hydroxyl groups is 2. The molecular weight excluding hydrogens is 725 g/mol. The SMILES string of the molecule is C.C#Cc1cccc(CNC[C@@H](O)[C@@H](N)Cc2cc(F)cc(F)c2)c1.C#Cc1cccc(CNC[C@@H](O)[C@H](Cc2cc(F)cc(F)c2)NC(=O)OC(C)(C)C)c1. The summed E-state index contributed by atoms with van der Waals surface area (Å²) >= 11 is 0. The third-order valence-corrected chi connectivity index (χ3v) is 7.99. The maximum atomic E-state index is 13.6. The number of alkyl carbamates (subject to hydrolysis) is 1. The third-order valence-electron chi connectivity index (χ3n) is 7.99. The summed E-state index contributed by atoms with van der Waals surface area (Å²) < 4.78 is 58.7. The van der Waals surface area contributed by atoms with E-state index >= 15 is 0 Å². The summed E-state index contributed by atoms with van der Waals surface area (Å²) in [4.78, 5) is 12.2. The lowest BCUT2D eigenvalue weighted by molar-refractivity contribution is 0.0422. The Hall–Kier alpha value is -5.21. The first kappa shape index (κ1) is 46.9. The zero-order valence-corrected chi connectivity index (χ0v) is 31.1. The van der Waals surface area contributed by atoms with E-state index in [9.17, 15) is 32.6 Å². The van der Waals surface area contributed by atoms with Gasteiger partial charge in [0.05, 0.1) is 18.2 Å². The standard InChI is InChI=1S/C24H28F2N2O3.C19H20F2N2O.CH4/c1-5-16-7-6-8-17(9-16)14-27-15-22(29)21(28-23(30)31-24(2,3)4)12-18-10-19(25)13-20(26)11-18;1-2-13-4-3-5-14(6-13)11-23-12-19(24)18(22)9-15-7-16(20)10-17(21)8-15;/h1,6-11,13,21-22,27,29H,12,14-15H2,2-4H3,(H,28,30);1,3-8,10,18-19,23-24H,9,11-12,22H2;1H4/t21-,22+;18-,19+;/m00./s1. The van der Waals surface area contributed by atoms with E-state index in [2.05, 4.69) is 27.8 Å². The Balaban J connectivity index is 0.000000392. The van der Waals surface area contributed by atoms with Crippen LogP contribution in [0, 0.1) is 48.0 Å². The van der Waals surface area contributed by atoms with Gasteiger partial charge in [0, 0.05) is 55.5 Å². The van der Waals surface area contributed by atoms with Gasteiger partial charge in [0.2, 0.25) is 0 Å². The van der Waals surface area contributed by atoms with Gasteiger partial charge in [-0.3, -0.25) is 0 Å². The Labute approximate surface area is 327 Å². The number of carbonyl (C=O) groups excluding carboxylic acids is 1. The fourth-order valence-corrected chi connectivity index (χ4v) is 5.43. The van der Waals surface area contributed by atoms with Crippen molar-refractivity contribution in [1.29, 1.82) is 0 Å². The maximum Gasteiger partial charge on any atom is 0.407 e. The van der Waals surface area contributed by atoms with Crippen LogP contribution in [-0.2, 0) is 30.7 Å². The Bertz CT molecular complexity index is 1900. The van der Waals surface area contributed by atoms with Gasteiger partial charge < -0.3 is 36.6 Å². The van der Waals surface area contributed by atoms with Gasteiger partial charge >= 0.3 is 6.09 Å². The molecule has 0 saturated carbocycles. The van der Waals surface area contributed by atoms with Crippen LogP contribution in [0.1, 0.15) is 61.6 Å². The largest absolute Gasteiger partial charge is 0.444 e. The quantitative estimate of drug-likeness (QED) is 0.0633. The van der Waals surface area contributed by atoms with Crippen molar-refractivity contribution in [2.24, 2.45) is 5.73 Å². The third kappa shape index (κ3) is 17.5. The minimum absolute atomic E-state index is 0. The number of terminal acetylenes is 2. The van der Waals surface area contributed by atoms with Gasteiger partial charge in [-0.05, 0) is 104 Å². The number of ether oxygens (including phenoxy) is 1. The summed E-state index contributed by atoms with van der Waals surface area (Å²) in [6.07, 6.45) is 8.34. The molecule has 0 unspecified atom stereocenters.